The highest BCUT2D eigenvalue weighted by Crippen LogP contribution is 2.34. The van der Waals surface area contributed by atoms with Crippen LogP contribution in [-0.4, -0.2) is 30.3 Å². The second kappa shape index (κ2) is 4.28. The zero-order valence-electron chi connectivity index (χ0n) is 9.25. The third-order valence-electron chi connectivity index (χ3n) is 2.74. The smallest absolute Gasteiger partial charge is 0.258 e. The summed E-state index contributed by atoms with van der Waals surface area (Å²) in [7, 11) is 1.91. The predicted molar refractivity (Wildman–Crippen MR) is 54.5 cm³/mol. The topological polar surface area (TPSA) is 60.2 Å². The minimum atomic E-state index is -0.356. The molecule has 1 unspecified atom stereocenters. The Hall–Kier alpha value is -0.940. The molecule has 2 rings (SSSR count). The molecule has 1 aromatic rings. The Balaban J connectivity index is 2.05. The number of nitrogens with one attached hydrogen (secondary N) is 1. The lowest BCUT2D eigenvalue weighted by molar-refractivity contribution is -0.00937. The van der Waals surface area contributed by atoms with Crippen LogP contribution in [0, 0.1) is 0 Å². The minimum absolute atomic E-state index is 0.356. The average molecular weight is 211 g/mol. The van der Waals surface area contributed by atoms with Crippen molar-refractivity contribution in [2.45, 2.75) is 31.8 Å². The molecule has 5 heteroatoms. The number of hydrogen-bond donors (Lipinski definition) is 1. The Kier molecular flexibility index (Phi) is 3.02. The molecule has 0 aliphatic carbocycles. The zero-order valence-corrected chi connectivity index (χ0v) is 9.25. The van der Waals surface area contributed by atoms with Crippen molar-refractivity contribution in [1.82, 2.24) is 15.5 Å². The number of aromatic nitrogens is 2. The first kappa shape index (κ1) is 10.6. The second-order valence-corrected chi connectivity index (χ2v) is 4.05. The second-order valence-electron chi connectivity index (χ2n) is 4.05. The van der Waals surface area contributed by atoms with E-state index in [1.165, 1.54) is 0 Å². The number of rotatable bonds is 4. The van der Waals surface area contributed by atoms with Crippen LogP contribution >= 0.6 is 0 Å². The van der Waals surface area contributed by atoms with Crippen molar-refractivity contribution in [3.8, 4) is 0 Å². The molecule has 0 bridgehead atoms. The first-order valence-corrected chi connectivity index (χ1v) is 5.36. The Morgan fingerprint density at radius 3 is 3.07 bits per heavy atom. The van der Waals surface area contributed by atoms with Crippen molar-refractivity contribution in [3.05, 3.63) is 11.7 Å². The number of hydrogen-bond acceptors (Lipinski definition) is 5. The standard InChI is InChI=1S/C10H17N3O2/c1-10(5-3-7-14-10)9-12-8(13-15-9)4-6-11-2/h11H,3-7H2,1-2H3. The molecule has 1 aromatic heterocycles. The molecule has 84 valence electrons. The summed E-state index contributed by atoms with van der Waals surface area (Å²) in [6, 6.07) is 0. The Labute approximate surface area is 89.2 Å². The molecule has 1 fully saturated rings. The summed E-state index contributed by atoms with van der Waals surface area (Å²) >= 11 is 0. The van der Waals surface area contributed by atoms with Gasteiger partial charge in [-0.15, -0.1) is 0 Å². The van der Waals surface area contributed by atoms with Crippen LogP contribution in [0.4, 0.5) is 0 Å². The summed E-state index contributed by atoms with van der Waals surface area (Å²) in [4.78, 5) is 4.36. The summed E-state index contributed by atoms with van der Waals surface area (Å²) < 4.78 is 10.9. The van der Waals surface area contributed by atoms with Crippen molar-refractivity contribution < 1.29 is 9.26 Å². The van der Waals surface area contributed by atoms with E-state index in [1.54, 1.807) is 0 Å². The molecule has 0 saturated carbocycles. The van der Waals surface area contributed by atoms with Gasteiger partial charge in [0, 0.05) is 19.6 Å². The van der Waals surface area contributed by atoms with E-state index in [0.29, 0.717) is 5.89 Å². The third kappa shape index (κ3) is 2.18. The Morgan fingerprint density at radius 1 is 1.53 bits per heavy atom. The lowest BCUT2D eigenvalue weighted by atomic mass is 10.0. The lowest BCUT2D eigenvalue weighted by Crippen LogP contribution is -2.20. The lowest BCUT2D eigenvalue weighted by Gasteiger charge is -2.16. The van der Waals surface area contributed by atoms with Crippen molar-refractivity contribution in [2.75, 3.05) is 20.2 Å². The fourth-order valence-electron chi connectivity index (χ4n) is 1.75. The van der Waals surface area contributed by atoms with Crippen LogP contribution in [0.1, 0.15) is 31.5 Å². The highest BCUT2D eigenvalue weighted by molar-refractivity contribution is 5.00. The van der Waals surface area contributed by atoms with Gasteiger partial charge in [0.05, 0.1) is 0 Å². The highest BCUT2D eigenvalue weighted by Gasteiger charge is 2.37. The average Bonchev–Trinajstić information content (AvgIpc) is 2.84. The first-order chi connectivity index (χ1) is 7.24. The molecule has 1 aliphatic heterocycles. The minimum Gasteiger partial charge on any atom is -0.365 e. The molecule has 15 heavy (non-hydrogen) atoms. The molecule has 2 heterocycles. The monoisotopic (exact) mass is 211 g/mol. The molecule has 0 aromatic carbocycles. The van der Waals surface area contributed by atoms with Crippen LogP contribution in [0.3, 0.4) is 0 Å². The van der Waals surface area contributed by atoms with Crippen LogP contribution in [0.5, 0.6) is 0 Å². The first-order valence-electron chi connectivity index (χ1n) is 5.36. The fraction of sp³-hybridized carbons (Fsp3) is 0.800. The molecule has 0 radical (unpaired) electrons. The summed E-state index contributed by atoms with van der Waals surface area (Å²) in [5, 5.41) is 6.99. The number of ether oxygens (including phenoxy) is 1. The normalized spacial score (nSPS) is 26.0. The maximum atomic E-state index is 5.63. The Bertz CT molecular complexity index is 318. The molecule has 0 amide bonds. The molecular formula is C10H17N3O2. The van der Waals surface area contributed by atoms with E-state index in [0.717, 1.165) is 38.2 Å². The molecule has 5 nitrogen and oxygen atoms in total. The Morgan fingerprint density at radius 2 is 2.40 bits per heavy atom. The van der Waals surface area contributed by atoms with Gasteiger partial charge in [0.25, 0.3) is 5.89 Å². The van der Waals surface area contributed by atoms with E-state index in [1.807, 2.05) is 14.0 Å². The summed E-state index contributed by atoms with van der Waals surface area (Å²) in [6.45, 7) is 3.65. The van der Waals surface area contributed by atoms with Crippen LogP contribution < -0.4 is 5.32 Å². The van der Waals surface area contributed by atoms with Gasteiger partial charge in [-0.1, -0.05) is 5.16 Å². The predicted octanol–water partition coefficient (Wildman–Crippen LogP) is 0.857. The summed E-state index contributed by atoms with van der Waals surface area (Å²) in [5.41, 5.74) is -0.356. The van der Waals surface area contributed by atoms with E-state index >= 15 is 0 Å². The molecule has 1 saturated heterocycles. The van der Waals surface area contributed by atoms with Crippen molar-refractivity contribution in [2.24, 2.45) is 0 Å². The van der Waals surface area contributed by atoms with Crippen LogP contribution in [0.2, 0.25) is 0 Å². The maximum absolute atomic E-state index is 5.63. The zero-order chi connectivity index (χ0) is 10.7. The van der Waals surface area contributed by atoms with Gasteiger partial charge < -0.3 is 14.6 Å². The van der Waals surface area contributed by atoms with Gasteiger partial charge >= 0.3 is 0 Å². The van der Waals surface area contributed by atoms with Gasteiger partial charge in [-0.05, 0) is 26.8 Å². The molecular weight excluding hydrogens is 194 g/mol. The highest BCUT2D eigenvalue weighted by atomic mass is 16.5. The van der Waals surface area contributed by atoms with Gasteiger partial charge in [0.15, 0.2) is 5.82 Å². The van der Waals surface area contributed by atoms with Gasteiger partial charge in [0.2, 0.25) is 0 Å². The largest absolute Gasteiger partial charge is 0.365 e. The van der Waals surface area contributed by atoms with E-state index in [9.17, 15) is 0 Å². The van der Waals surface area contributed by atoms with E-state index in [-0.39, 0.29) is 5.60 Å². The van der Waals surface area contributed by atoms with Crippen molar-refractivity contribution in [1.29, 1.82) is 0 Å². The number of nitrogens with zero attached hydrogens (tertiary/aromatic N) is 2. The van der Waals surface area contributed by atoms with E-state index in [2.05, 4.69) is 15.5 Å². The van der Waals surface area contributed by atoms with Gasteiger partial charge in [-0.2, -0.15) is 4.98 Å². The SMILES string of the molecule is CNCCc1noc(C2(C)CCCO2)n1. The fourth-order valence-corrected chi connectivity index (χ4v) is 1.75. The van der Waals surface area contributed by atoms with Crippen molar-refractivity contribution >= 4 is 0 Å². The maximum Gasteiger partial charge on any atom is 0.258 e. The molecule has 0 spiro atoms. The van der Waals surface area contributed by atoms with Crippen LogP contribution in [0.15, 0.2) is 4.52 Å². The molecule has 1 N–H and O–H groups in total. The van der Waals surface area contributed by atoms with Crippen LogP contribution in [-0.2, 0) is 16.8 Å². The molecule has 1 atom stereocenters. The van der Waals surface area contributed by atoms with Crippen molar-refractivity contribution in [3.63, 3.8) is 0 Å². The van der Waals surface area contributed by atoms with Gasteiger partial charge in [-0.3, -0.25) is 0 Å². The van der Waals surface area contributed by atoms with E-state index in [4.69, 9.17) is 9.26 Å². The third-order valence-corrected chi connectivity index (χ3v) is 2.74. The van der Waals surface area contributed by atoms with Gasteiger partial charge in [0.1, 0.15) is 5.60 Å². The van der Waals surface area contributed by atoms with Gasteiger partial charge in [-0.25, -0.2) is 0 Å². The molecule has 1 aliphatic rings. The van der Waals surface area contributed by atoms with E-state index < -0.39 is 0 Å². The quantitative estimate of drug-likeness (QED) is 0.800. The van der Waals surface area contributed by atoms with Crippen LogP contribution in [0.25, 0.3) is 0 Å². The number of likely N-dealkylation sites (N-methyl/N-ethyl adjacent to an activating group) is 1. The summed E-state index contributed by atoms with van der Waals surface area (Å²) in [6.07, 6.45) is 2.81. The summed E-state index contributed by atoms with van der Waals surface area (Å²) in [5.74, 6) is 1.36.